The highest BCUT2D eigenvalue weighted by Crippen LogP contribution is 2.18. The normalized spacial score (nSPS) is 10.2. The lowest BCUT2D eigenvalue weighted by Gasteiger charge is -2.10. The number of nitrogens with one attached hydrogen (secondary N) is 2. The minimum absolute atomic E-state index is 0.238. The molecule has 0 fully saturated rings. The Hall–Kier alpha value is -3.41. The van der Waals surface area contributed by atoms with Gasteiger partial charge in [-0.05, 0) is 24.6 Å². The number of nitrogens with zero attached hydrogens (tertiary/aromatic N) is 2. The lowest BCUT2D eigenvalue weighted by molar-refractivity contribution is 0.0950. The van der Waals surface area contributed by atoms with Crippen molar-refractivity contribution in [1.29, 1.82) is 0 Å². The first-order valence-corrected chi connectivity index (χ1v) is 8.22. The molecule has 0 saturated carbocycles. The molecule has 6 nitrogen and oxygen atoms in total. The van der Waals surface area contributed by atoms with E-state index in [1.807, 2.05) is 55.5 Å². The van der Waals surface area contributed by atoms with Crippen LogP contribution in [0.2, 0.25) is 0 Å². The molecule has 3 rings (SSSR count). The van der Waals surface area contributed by atoms with Crippen molar-refractivity contribution in [2.24, 2.45) is 0 Å². The molecule has 2 N–H and O–H groups in total. The topological polar surface area (TPSA) is 76.1 Å². The SMILES string of the molecule is COc1ccccc1CNC(=O)c1cnc(Nc2ccccc2C)nc1. The zero-order valence-corrected chi connectivity index (χ0v) is 14.7. The van der Waals surface area contributed by atoms with Crippen molar-refractivity contribution in [2.75, 3.05) is 12.4 Å². The van der Waals surface area contributed by atoms with E-state index in [1.54, 1.807) is 7.11 Å². The summed E-state index contributed by atoms with van der Waals surface area (Å²) in [7, 11) is 1.61. The van der Waals surface area contributed by atoms with E-state index in [9.17, 15) is 4.79 Å². The highest BCUT2D eigenvalue weighted by atomic mass is 16.5. The second-order valence-corrected chi connectivity index (χ2v) is 5.73. The van der Waals surface area contributed by atoms with E-state index in [0.29, 0.717) is 18.1 Å². The van der Waals surface area contributed by atoms with Gasteiger partial charge in [-0.3, -0.25) is 4.79 Å². The Kier molecular flexibility index (Phi) is 5.43. The molecule has 0 spiro atoms. The van der Waals surface area contributed by atoms with Crippen LogP contribution in [0.4, 0.5) is 11.6 Å². The predicted octanol–water partition coefficient (Wildman–Crippen LogP) is 3.47. The smallest absolute Gasteiger partial charge is 0.254 e. The maximum atomic E-state index is 12.3. The number of carbonyl (C=O) groups excluding carboxylic acids is 1. The summed E-state index contributed by atoms with van der Waals surface area (Å²) < 4.78 is 5.28. The Morgan fingerprint density at radius 2 is 1.73 bits per heavy atom. The first-order valence-electron chi connectivity index (χ1n) is 8.22. The fourth-order valence-electron chi connectivity index (χ4n) is 2.47. The molecule has 0 aliphatic heterocycles. The molecule has 6 heteroatoms. The highest BCUT2D eigenvalue weighted by Gasteiger charge is 2.09. The van der Waals surface area contributed by atoms with Crippen LogP contribution in [0.3, 0.4) is 0 Å². The average Bonchev–Trinajstić information content (AvgIpc) is 2.68. The number of anilines is 2. The van der Waals surface area contributed by atoms with Crippen LogP contribution < -0.4 is 15.4 Å². The van der Waals surface area contributed by atoms with Gasteiger partial charge in [-0.15, -0.1) is 0 Å². The van der Waals surface area contributed by atoms with Gasteiger partial charge in [0.05, 0.1) is 12.7 Å². The number of para-hydroxylation sites is 2. The second kappa shape index (κ2) is 8.11. The predicted molar refractivity (Wildman–Crippen MR) is 101 cm³/mol. The van der Waals surface area contributed by atoms with Crippen molar-refractivity contribution in [3.05, 3.63) is 77.6 Å². The third kappa shape index (κ3) is 4.16. The Balaban J connectivity index is 1.63. The highest BCUT2D eigenvalue weighted by molar-refractivity contribution is 5.93. The molecular formula is C20H20N4O2. The number of benzene rings is 2. The maximum Gasteiger partial charge on any atom is 0.254 e. The summed E-state index contributed by atoms with van der Waals surface area (Å²) >= 11 is 0. The summed E-state index contributed by atoms with van der Waals surface area (Å²) in [4.78, 5) is 20.7. The number of rotatable bonds is 6. The third-order valence-electron chi connectivity index (χ3n) is 3.94. The molecule has 0 aliphatic rings. The van der Waals surface area contributed by atoms with Gasteiger partial charge in [0, 0.05) is 30.2 Å². The van der Waals surface area contributed by atoms with Gasteiger partial charge in [-0.25, -0.2) is 9.97 Å². The third-order valence-corrected chi connectivity index (χ3v) is 3.94. The van der Waals surface area contributed by atoms with Crippen molar-refractivity contribution in [3.8, 4) is 5.75 Å². The van der Waals surface area contributed by atoms with Crippen molar-refractivity contribution in [3.63, 3.8) is 0 Å². The second-order valence-electron chi connectivity index (χ2n) is 5.73. The molecule has 0 saturated heterocycles. The number of methoxy groups -OCH3 is 1. The van der Waals surface area contributed by atoms with Crippen LogP contribution in [0, 0.1) is 6.92 Å². The minimum Gasteiger partial charge on any atom is -0.496 e. The average molecular weight is 348 g/mol. The van der Waals surface area contributed by atoms with Crippen molar-refractivity contribution in [2.45, 2.75) is 13.5 Å². The number of carbonyl (C=O) groups is 1. The molecule has 1 aromatic heterocycles. The molecule has 0 atom stereocenters. The van der Waals surface area contributed by atoms with Gasteiger partial charge in [0.15, 0.2) is 0 Å². The Morgan fingerprint density at radius 1 is 1.04 bits per heavy atom. The number of hydrogen-bond acceptors (Lipinski definition) is 5. The van der Waals surface area contributed by atoms with Gasteiger partial charge in [-0.1, -0.05) is 36.4 Å². The molecule has 1 heterocycles. The summed E-state index contributed by atoms with van der Waals surface area (Å²) in [5, 5.41) is 5.99. The molecule has 0 radical (unpaired) electrons. The number of hydrogen-bond donors (Lipinski definition) is 2. The molecule has 3 aromatic rings. The van der Waals surface area contributed by atoms with Crippen LogP contribution >= 0.6 is 0 Å². The quantitative estimate of drug-likeness (QED) is 0.713. The van der Waals surface area contributed by atoms with E-state index in [4.69, 9.17) is 4.74 Å². The number of ether oxygens (including phenoxy) is 1. The van der Waals surface area contributed by atoms with Gasteiger partial charge >= 0.3 is 0 Å². The minimum atomic E-state index is -0.238. The summed E-state index contributed by atoms with van der Waals surface area (Å²) in [5.74, 6) is 0.945. The maximum absolute atomic E-state index is 12.3. The van der Waals surface area contributed by atoms with Gasteiger partial charge < -0.3 is 15.4 Å². The van der Waals surface area contributed by atoms with E-state index >= 15 is 0 Å². The van der Waals surface area contributed by atoms with Crippen LogP contribution in [0.25, 0.3) is 0 Å². The largest absolute Gasteiger partial charge is 0.496 e. The fourth-order valence-corrected chi connectivity index (χ4v) is 2.47. The lowest BCUT2D eigenvalue weighted by atomic mass is 10.2. The summed E-state index contributed by atoms with van der Waals surface area (Å²) in [6.45, 7) is 2.37. The van der Waals surface area contributed by atoms with Gasteiger partial charge in [0.1, 0.15) is 5.75 Å². The number of amides is 1. The molecule has 0 aliphatic carbocycles. The van der Waals surface area contributed by atoms with Gasteiger partial charge in [-0.2, -0.15) is 0 Å². The Morgan fingerprint density at radius 3 is 2.46 bits per heavy atom. The lowest BCUT2D eigenvalue weighted by Crippen LogP contribution is -2.23. The molecule has 132 valence electrons. The van der Waals surface area contributed by atoms with Crippen molar-refractivity contribution < 1.29 is 9.53 Å². The molecule has 26 heavy (non-hydrogen) atoms. The summed E-state index contributed by atoms with van der Waals surface area (Å²) in [5.41, 5.74) is 3.33. The van der Waals surface area contributed by atoms with E-state index in [0.717, 1.165) is 22.6 Å². The van der Waals surface area contributed by atoms with Crippen LogP contribution in [0.1, 0.15) is 21.5 Å². The van der Waals surface area contributed by atoms with Gasteiger partial charge in [0.2, 0.25) is 5.95 Å². The van der Waals surface area contributed by atoms with Gasteiger partial charge in [0.25, 0.3) is 5.91 Å². The van der Waals surface area contributed by atoms with E-state index in [2.05, 4.69) is 20.6 Å². The molecule has 0 unspecified atom stereocenters. The number of aromatic nitrogens is 2. The summed E-state index contributed by atoms with van der Waals surface area (Å²) in [6, 6.07) is 15.4. The Bertz CT molecular complexity index is 894. The Labute approximate surface area is 152 Å². The molecular weight excluding hydrogens is 328 g/mol. The zero-order valence-electron chi connectivity index (χ0n) is 14.7. The van der Waals surface area contributed by atoms with E-state index in [1.165, 1.54) is 12.4 Å². The monoisotopic (exact) mass is 348 g/mol. The van der Waals surface area contributed by atoms with Crippen molar-refractivity contribution >= 4 is 17.5 Å². The number of aryl methyl sites for hydroxylation is 1. The molecule has 2 aromatic carbocycles. The van der Waals surface area contributed by atoms with Crippen molar-refractivity contribution in [1.82, 2.24) is 15.3 Å². The van der Waals surface area contributed by atoms with Crippen LogP contribution in [-0.4, -0.2) is 23.0 Å². The fraction of sp³-hybridized carbons (Fsp3) is 0.150. The first kappa shape index (κ1) is 17.4. The first-order chi connectivity index (χ1) is 12.7. The molecule has 1 amide bonds. The van der Waals surface area contributed by atoms with Crippen LogP contribution in [-0.2, 0) is 6.54 Å². The van der Waals surface area contributed by atoms with Crippen LogP contribution in [0.15, 0.2) is 60.9 Å². The van der Waals surface area contributed by atoms with E-state index < -0.39 is 0 Å². The zero-order chi connectivity index (χ0) is 18.4. The standard InChI is InChI=1S/C20H20N4O2/c1-14-7-3-5-9-17(14)24-20-22-12-16(13-23-20)19(25)21-11-15-8-4-6-10-18(15)26-2/h3-10,12-13H,11H2,1-2H3,(H,21,25)(H,22,23,24). The van der Waals surface area contributed by atoms with Crippen LogP contribution in [0.5, 0.6) is 5.75 Å². The molecule has 0 bridgehead atoms. The summed E-state index contributed by atoms with van der Waals surface area (Å²) in [6.07, 6.45) is 3.01. The van der Waals surface area contributed by atoms with E-state index in [-0.39, 0.29) is 5.91 Å².